The maximum atomic E-state index is 13.1. The van der Waals surface area contributed by atoms with Crippen LogP contribution >= 0.6 is 0 Å². The molecule has 1 aliphatic carbocycles. The Morgan fingerprint density at radius 3 is 2.33 bits per heavy atom. The molecule has 0 aromatic heterocycles. The van der Waals surface area contributed by atoms with E-state index in [2.05, 4.69) is 43.6 Å². The molecule has 1 rings (SSSR count). The molecule has 5 heteroatoms. The highest BCUT2D eigenvalue weighted by Gasteiger charge is 2.30. The van der Waals surface area contributed by atoms with Gasteiger partial charge in [-0.05, 0) is 50.9 Å². The lowest BCUT2D eigenvalue weighted by Crippen LogP contribution is -2.56. The number of hydrogen-bond donors (Lipinski definition) is 3. The first-order valence-corrected chi connectivity index (χ1v) is 10.8. The van der Waals surface area contributed by atoms with Gasteiger partial charge >= 0.3 is 0 Å². The molecule has 0 aromatic carbocycles. The van der Waals surface area contributed by atoms with Gasteiger partial charge in [-0.1, -0.05) is 52.7 Å². The molecule has 4 N–H and O–H groups in total. The van der Waals surface area contributed by atoms with Crippen molar-refractivity contribution < 1.29 is 9.59 Å². The topological polar surface area (TPSA) is 84.2 Å². The molecule has 5 nitrogen and oxygen atoms in total. The average molecular weight is 380 g/mol. The quantitative estimate of drug-likeness (QED) is 0.480. The maximum Gasteiger partial charge on any atom is 0.242 e. The Labute approximate surface area is 165 Å². The standard InChI is InChI=1S/C22H41N3O2/c1-6-11-16(4)21(26)24-19(14-18-12-9-8-10-13-18)22(27)25-20(17(5)23)15(3)7-2/h8-9,15-20H,6-7,10-14,23H2,1-5H3,(H,24,26)(H,25,27). The minimum absolute atomic E-state index is 0.0239. The summed E-state index contributed by atoms with van der Waals surface area (Å²) < 4.78 is 0. The minimum Gasteiger partial charge on any atom is -0.350 e. The summed E-state index contributed by atoms with van der Waals surface area (Å²) in [5, 5.41) is 6.17. The second-order valence-electron chi connectivity index (χ2n) is 8.42. The number of allylic oxidation sites excluding steroid dienone is 2. The Hall–Kier alpha value is -1.36. The monoisotopic (exact) mass is 379 g/mol. The predicted molar refractivity (Wildman–Crippen MR) is 112 cm³/mol. The van der Waals surface area contributed by atoms with Gasteiger partial charge in [-0.25, -0.2) is 0 Å². The van der Waals surface area contributed by atoms with Gasteiger partial charge in [0.2, 0.25) is 11.8 Å². The van der Waals surface area contributed by atoms with E-state index in [4.69, 9.17) is 5.73 Å². The average Bonchev–Trinajstić information content (AvgIpc) is 2.65. The molecule has 0 spiro atoms. The number of nitrogens with two attached hydrogens (primary N) is 1. The van der Waals surface area contributed by atoms with Crippen LogP contribution < -0.4 is 16.4 Å². The van der Waals surface area contributed by atoms with Crippen molar-refractivity contribution in [3.05, 3.63) is 12.2 Å². The van der Waals surface area contributed by atoms with Gasteiger partial charge in [0.05, 0.1) is 0 Å². The highest BCUT2D eigenvalue weighted by atomic mass is 16.2. The molecule has 0 aromatic rings. The zero-order chi connectivity index (χ0) is 20.4. The lowest BCUT2D eigenvalue weighted by molar-refractivity contribution is -0.132. The summed E-state index contributed by atoms with van der Waals surface area (Å²) in [7, 11) is 0. The third-order valence-electron chi connectivity index (χ3n) is 5.88. The highest BCUT2D eigenvalue weighted by molar-refractivity contribution is 5.88. The molecular weight excluding hydrogens is 338 g/mol. The van der Waals surface area contributed by atoms with E-state index in [1.165, 1.54) is 0 Å². The summed E-state index contributed by atoms with van der Waals surface area (Å²) in [4.78, 5) is 25.6. The zero-order valence-corrected chi connectivity index (χ0v) is 18.0. The van der Waals surface area contributed by atoms with Crippen LogP contribution in [-0.4, -0.2) is 29.9 Å². The molecule has 1 aliphatic rings. The molecule has 6 unspecified atom stereocenters. The zero-order valence-electron chi connectivity index (χ0n) is 18.0. The van der Waals surface area contributed by atoms with Gasteiger partial charge in [0.1, 0.15) is 6.04 Å². The van der Waals surface area contributed by atoms with Crippen molar-refractivity contribution >= 4 is 11.8 Å². The molecule has 2 amide bonds. The number of rotatable bonds is 11. The molecule has 0 radical (unpaired) electrons. The van der Waals surface area contributed by atoms with Crippen molar-refractivity contribution in [2.45, 2.75) is 97.7 Å². The van der Waals surface area contributed by atoms with Crippen LogP contribution in [0.3, 0.4) is 0 Å². The Morgan fingerprint density at radius 1 is 1.11 bits per heavy atom. The third kappa shape index (κ3) is 8.04. The second kappa shape index (κ2) is 12.2. The first-order valence-electron chi connectivity index (χ1n) is 10.8. The third-order valence-corrected chi connectivity index (χ3v) is 5.88. The Morgan fingerprint density at radius 2 is 1.81 bits per heavy atom. The van der Waals surface area contributed by atoms with E-state index < -0.39 is 6.04 Å². The first kappa shape index (κ1) is 23.7. The molecular formula is C22H41N3O2. The summed E-state index contributed by atoms with van der Waals surface area (Å²) in [5.74, 6) is 0.538. The number of hydrogen-bond acceptors (Lipinski definition) is 3. The summed E-state index contributed by atoms with van der Waals surface area (Å²) in [6, 6.07) is -0.697. The van der Waals surface area contributed by atoms with E-state index in [0.717, 1.165) is 38.5 Å². The first-order chi connectivity index (χ1) is 12.8. The van der Waals surface area contributed by atoms with Crippen LogP contribution in [0.2, 0.25) is 0 Å². The molecule has 27 heavy (non-hydrogen) atoms. The normalized spacial score (nSPS) is 22.4. The van der Waals surface area contributed by atoms with Crippen molar-refractivity contribution in [1.29, 1.82) is 0 Å². The van der Waals surface area contributed by atoms with Crippen LogP contribution in [0, 0.1) is 17.8 Å². The lowest BCUT2D eigenvalue weighted by atomic mass is 9.87. The molecule has 0 fully saturated rings. The van der Waals surface area contributed by atoms with Crippen LogP contribution in [0.4, 0.5) is 0 Å². The Balaban J connectivity index is 2.85. The second-order valence-corrected chi connectivity index (χ2v) is 8.42. The number of carbonyl (C=O) groups excluding carboxylic acids is 2. The molecule has 0 bridgehead atoms. The molecule has 0 aliphatic heterocycles. The molecule has 156 valence electrons. The van der Waals surface area contributed by atoms with E-state index >= 15 is 0 Å². The molecule has 0 saturated carbocycles. The van der Waals surface area contributed by atoms with Crippen LogP contribution in [0.5, 0.6) is 0 Å². The Bertz CT molecular complexity index is 490. The van der Waals surface area contributed by atoms with Crippen LogP contribution in [0.25, 0.3) is 0 Å². The lowest BCUT2D eigenvalue weighted by Gasteiger charge is -2.31. The number of nitrogens with one attached hydrogen (secondary N) is 2. The van der Waals surface area contributed by atoms with E-state index in [9.17, 15) is 9.59 Å². The van der Waals surface area contributed by atoms with Gasteiger partial charge in [-0.2, -0.15) is 0 Å². The fourth-order valence-electron chi connectivity index (χ4n) is 3.82. The molecule has 6 atom stereocenters. The van der Waals surface area contributed by atoms with Crippen molar-refractivity contribution in [1.82, 2.24) is 10.6 Å². The van der Waals surface area contributed by atoms with Gasteiger partial charge in [0.25, 0.3) is 0 Å². The van der Waals surface area contributed by atoms with Gasteiger partial charge < -0.3 is 16.4 Å². The summed E-state index contributed by atoms with van der Waals surface area (Å²) in [5.41, 5.74) is 6.12. The fourth-order valence-corrected chi connectivity index (χ4v) is 3.82. The minimum atomic E-state index is -0.487. The largest absolute Gasteiger partial charge is 0.350 e. The van der Waals surface area contributed by atoms with Crippen LogP contribution in [0.15, 0.2) is 12.2 Å². The number of amides is 2. The maximum absolute atomic E-state index is 13.1. The van der Waals surface area contributed by atoms with E-state index in [0.29, 0.717) is 18.3 Å². The van der Waals surface area contributed by atoms with Crippen molar-refractivity contribution in [2.24, 2.45) is 23.5 Å². The predicted octanol–water partition coefficient (Wildman–Crippen LogP) is 3.53. The fraction of sp³-hybridized carbons (Fsp3) is 0.818. The Kier molecular flexibility index (Phi) is 10.7. The SMILES string of the molecule is CCCC(C)C(=O)NC(CC1CC=CCC1)C(=O)NC(C(C)N)C(C)CC. The highest BCUT2D eigenvalue weighted by Crippen LogP contribution is 2.23. The van der Waals surface area contributed by atoms with E-state index in [-0.39, 0.29) is 29.8 Å². The molecule has 0 heterocycles. The van der Waals surface area contributed by atoms with Crippen LogP contribution in [-0.2, 0) is 9.59 Å². The van der Waals surface area contributed by atoms with Gasteiger partial charge in [0.15, 0.2) is 0 Å². The summed E-state index contributed by atoms with van der Waals surface area (Å²) in [6.45, 7) is 10.1. The summed E-state index contributed by atoms with van der Waals surface area (Å²) in [6.07, 6.45) is 10.9. The summed E-state index contributed by atoms with van der Waals surface area (Å²) >= 11 is 0. The smallest absolute Gasteiger partial charge is 0.242 e. The van der Waals surface area contributed by atoms with E-state index in [1.807, 2.05) is 13.8 Å². The van der Waals surface area contributed by atoms with Crippen molar-refractivity contribution in [3.63, 3.8) is 0 Å². The number of carbonyl (C=O) groups is 2. The van der Waals surface area contributed by atoms with Gasteiger partial charge in [-0.15, -0.1) is 0 Å². The van der Waals surface area contributed by atoms with E-state index in [1.54, 1.807) is 0 Å². The van der Waals surface area contributed by atoms with Gasteiger partial charge in [-0.3, -0.25) is 9.59 Å². The van der Waals surface area contributed by atoms with Gasteiger partial charge in [0, 0.05) is 18.0 Å². The van der Waals surface area contributed by atoms with Crippen molar-refractivity contribution in [3.8, 4) is 0 Å². The van der Waals surface area contributed by atoms with Crippen molar-refractivity contribution in [2.75, 3.05) is 0 Å². The van der Waals surface area contributed by atoms with Crippen LogP contribution in [0.1, 0.15) is 79.6 Å². The molecule has 0 saturated heterocycles.